The molecule has 22 heteroatoms. The van der Waals surface area contributed by atoms with E-state index in [0.717, 1.165) is 16.5 Å². The number of aromatic nitrogens is 7. The highest BCUT2D eigenvalue weighted by Crippen LogP contribution is 2.50. The number of aromatic amines is 1. The van der Waals surface area contributed by atoms with Gasteiger partial charge in [0.15, 0.2) is 23.6 Å². The quantitative estimate of drug-likeness (QED) is 0.0794. The van der Waals surface area contributed by atoms with Gasteiger partial charge in [0.05, 0.1) is 32.8 Å². The first-order valence-electron chi connectivity index (χ1n) is 16.5. The summed E-state index contributed by atoms with van der Waals surface area (Å²) < 4.78 is 51.0. The van der Waals surface area contributed by atoms with E-state index in [-0.39, 0.29) is 36.3 Å². The van der Waals surface area contributed by atoms with Crippen LogP contribution < -0.4 is 22.7 Å². The molecule has 4 unspecified atom stereocenters. The standard InChI is InChI=1S/C32H36N9O12P/c33-30-36-16-41(32(45)39-30)29-25(49-13-18-9-5-2-6-10-18)23(19(11-42)51-29)53-54(46,47)50-14-20-22(43)24(48-12-17-7-3-1-4-8-17)28(52-20)40-15-35-21-26(40)37-31(34)38-27(21)44/h1-10,15-16,19-20,22-25,28-29,42-43H,11-14H2,(H,46,47)(H2,33,39,45)(H3,34,37,38,44)/t19-,20-,22+,23?,24?,25?,28-,29-/m1/s1. The van der Waals surface area contributed by atoms with Crippen molar-refractivity contribution in [2.45, 2.75) is 62.3 Å². The molecule has 0 spiro atoms. The maximum atomic E-state index is 13.6. The van der Waals surface area contributed by atoms with Crippen molar-refractivity contribution in [1.29, 1.82) is 0 Å². The number of hydrogen-bond acceptors (Lipinski definition) is 17. The third-order valence-corrected chi connectivity index (χ3v) is 9.74. The van der Waals surface area contributed by atoms with Crippen LogP contribution in [0, 0.1) is 0 Å². The molecule has 5 aromatic rings. The second kappa shape index (κ2) is 15.8. The lowest BCUT2D eigenvalue weighted by atomic mass is 10.1. The molecule has 2 fully saturated rings. The van der Waals surface area contributed by atoms with E-state index >= 15 is 0 Å². The average molecular weight is 770 g/mol. The summed E-state index contributed by atoms with van der Waals surface area (Å²) in [6.45, 7) is -1.43. The van der Waals surface area contributed by atoms with E-state index in [1.807, 2.05) is 30.3 Å². The number of benzene rings is 2. The maximum Gasteiger partial charge on any atom is 0.472 e. The topological polar surface area (TPSA) is 297 Å². The van der Waals surface area contributed by atoms with Gasteiger partial charge in [-0.15, -0.1) is 0 Å². The molecule has 0 aliphatic carbocycles. The highest BCUT2D eigenvalue weighted by atomic mass is 31.2. The van der Waals surface area contributed by atoms with Gasteiger partial charge in [-0.25, -0.2) is 19.3 Å². The van der Waals surface area contributed by atoms with Crippen LogP contribution in [0.4, 0.5) is 11.9 Å². The Morgan fingerprint density at radius 2 is 1.44 bits per heavy atom. The number of fused-ring (bicyclic) bond motifs is 1. The zero-order valence-corrected chi connectivity index (χ0v) is 29.1. The van der Waals surface area contributed by atoms with Gasteiger partial charge in [0.2, 0.25) is 11.9 Å². The predicted molar refractivity (Wildman–Crippen MR) is 185 cm³/mol. The van der Waals surface area contributed by atoms with Crippen molar-refractivity contribution in [3.05, 3.63) is 105 Å². The molecular formula is C32H36N9O12P. The van der Waals surface area contributed by atoms with E-state index in [1.54, 1.807) is 30.3 Å². The van der Waals surface area contributed by atoms with Crippen LogP contribution in [0.1, 0.15) is 23.6 Å². The van der Waals surface area contributed by atoms with Gasteiger partial charge >= 0.3 is 13.5 Å². The number of nitrogen functional groups attached to an aromatic ring is 2. The van der Waals surface area contributed by atoms with Gasteiger partial charge in [0, 0.05) is 0 Å². The fourth-order valence-electron chi connectivity index (χ4n) is 6.19. The zero-order valence-electron chi connectivity index (χ0n) is 28.2. The number of imidazole rings is 1. The Kier molecular flexibility index (Phi) is 10.9. The third kappa shape index (κ3) is 7.95. The number of nitrogens with one attached hydrogen (secondary N) is 1. The summed E-state index contributed by atoms with van der Waals surface area (Å²) in [5.41, 5.74) is 11.4. The molecule has 5 heterocycles. The number of phosphoric ester groups is 1. The Labute approximate surface area is 304 Å². The number of nitrogens with two attached hydrogens (primary N) is 2. The molecule has 8 N–H and O–H groups in total. The SMILES string of the molecule is Nc1ncn([C@@H]2O[C@H](CO)C(OP(=O)(O)OC[C@H]3O[C@@H](n4cnc5c(=O)[nH]c(N)nc54)C(OCc4ccccc4)[C@H]3O)C2OCc2ccccc2)c(=O)n1. The first kappa shape index (κ1) is 37.4. The molecule has 0 saturated carbocycles. The summed E-state index contributed by atoms with van der Waals surface area (Å²) in [7, 11) is -5.09. The molecule has 2 aliphatic rings. The van der Waals surface area contributed by atoms with E-state index in [4.69, 9.17) is 39.5 Å². The van der Waals surface area contributed by atoms with Gasteiger partial charge in [-0.05, 0) is 11.1 Å². The monoisotopic (exact) mass is 769 g/mol. The summed E-state index contributed by atoms with van der Waals surface area (Å²) in [5.74, 6) is -0.482. The van der Waals surface area contributed by atoms with Crippen molar-refractivity contribution >= 4 is 30.9 Å². The Bertz CT molecular complexity index is 2230. The number of aliphatic hydroxyl groups is 2. The Balaban J connectivity index is 1.11. The molecule has 2 aromatic carbocycles. The van der Waals surface area contributed by atoms with Crippen LogP contribution >= 0.6 is 7.82 Å². The minimum absolute atomic E-state index is 0.0393. The lowest BCUT2D eigenvalue weighted by Gasteiger charge is -2.26. The minimum Gasteiger partial charge on any atom is -0.394 e. The molecule has 2 aliphatic heterocycles. The number of anilines is 2. The van der Waals surface area contributed by atoms with Crippen molar-refractivity contribution in [2.24, 2.45) is 0 Å². The van der Waals surface area contributed by atoms with E-state index in [9.17, 15) is 29.3 Å². The fraction of sp³-hybridized carbons (Fsp3) is 0.375. The van der Waals surface area contributed by atoms with Crippen molar-refractivity contribution in [2.75, 3.05) is 24.7 Å². The molecule has 21 nitrogen and oxygen atoms in total. The molecule has 0 amide bonds. The second-order valence-corrected chi connectivity index (χ2v) is 13.7. The number of rotatable bonds is 14. The van der Waals surface area contributed by atoms with Crippen LogP contribution in [-0.2, 0) is 45.8 Å². The highest BCUT2D eigenvalue weighted by Gasteiger charge is 2.52. The molecule has 54 heavy (non-hydrogen) atoms. The van der Waals surface area contributed by atoms with Gasteiger partial charge in [-0.3, -0.25) is 28.0 Å². The van der Waals surface area contributed by atoms with Crippen LogP contribution in [0.15, 0.2) is 82.9 Å². The predicted octanol–water partition coefficient (Wildman–Crippen LogP) is -0.243. The summed E-state index contributed by atoms with van der Waals surface area (Å²) >= 11 is 0. The third-order valence-electron chi connectivity index (χ3n) is 8.75. The van der Waals surface area contributed by atoms with E-state index in [0.29, 0.717) is 5.56 Å². The lowest BCUT2D eigenvalue weighted by Crippen LogP contribution is -2.40. The lowest BCUT2D eigenvalue weighted by molar-refractivity contribution is -0.0815. The van der Waals surface area contributed by atoms with Gasteiger partial charge in [-0.2, -0.15) is 9.97 Å². The summed E-state index contributed by atoms with van der Waals surface area (Å²) in [6, 6.07) is 18.0. The van der Waals surface area contributed by atoms with Crippen molar-refractivity contribution in [3.8, 4) is 0 Å². The number of nitrogens with zero attached hydrogens (tertiary/aromatic N) is 6. The van der Waals surface area contributed by atoms with E-state index < -0.39 is 81.4 Å². The van der Waals surface area contributed by atoms with Gasteiger partial charge in [-0.1, -0.05) is 60.7 Å². The molecular weight excluding hydrogens is 733 g/mol. The molecule has 3 aromatic heterocycles. The van der Waals surface area contributed by atoms with Crippen molar-refractivity contribution < 1.29 is 47.7 Å². The minimum atomic E-state index is -5.09. The number of aliphatic hydroxyl groups excluding tert-OH is 2. The molecule has 2 saturated heterocycles. The summed E-state index contributed by atoms with van der Waals surface area (Å²) in [5, 5.41) is 21.7. The molecule has 286 valence electrons. The van der Waals surface area contributed by atoms with Gasteiger partial charge in [0.1, 0.15) is 43.0 Å². The molecule has 0 radical (unpaired) electrons. The van der Waals surface area contributed by atoms with Gasteiger partial charge < -0.3 is 45.5 Å². The Morgan fingerprint density at radius 1 is 0.833 bits per heavy atom. The molecule has 7 rings (SSSR count). The first-order valence-corrected chi connectivity index (χ1v) is 18.0. The van der Waals surface area contributed by atoms with E-state index in [1.165, 1.54) is 10.9 Å². The highest BCUT2D eigenvalue weighted by molar-refractivity contribution is 7.47. The van der Waals surface area contributed by atoms with Crippen LogP contribution in [0.3, 0.4) is 0 Å². The van der Waals surface area contributed by atoms with Crippen LogP contribution in [-0.4, -0.2) is 99.0 Å². The molecule has 9 atom stereocenters. The van der Waals surface area contributed by atoms with Crippen LogP contribution in [0.25, 0.3) is 11.2 Å². The smallest absolute Gasteiger partial charge is 0.394 e. The van der Waals surface area contributed by atoms with Crippen molar-refractivity contribution in [3.63, 3.8) is 0 Å². The summed E-state index contributed by atoms with van der Waals surface area (Å²) in [4.78, 5) is 54.4. The van der Waals surface area contributed by atoms with Crippen molar-refractivity contribution in [1.82, 2.24) is 34.1 Å². The number of hydrogen-bond donors (Lipinski definition) is 6. The zero-order chi connectivity index (χ0) is 38.0. The normalized spacial score (nSPS) is 26.6. The largest absolute Gasteiger partial charge is 0.472 e. The first-order chi connectivity index (χ1) is 26.0. The maximum absolute atomic E-state index is 13.6. The molecule has 0 bridgehead atoms. The Morgan fingerprint density at radius 3 is 2.09 bits per heavy atom. The fourth-order valence-corrected chi connectivity index (χ4v) is 7.15. The second-order valence-electron chi connectivity index (χ2n) is 12.3. The van der Waals surface area contributed by atoms with E-state index in [2.05, 4.69) is 24.9 Å². The summed E-state index contributed by atoms with van der Waals surface area (Å²) in [6.07, 6.45) is -8.11. The number of ether oxygens (including phenoxy) is 4. The van der Waals surface area contributed by atoms with Gasteiger partial charge in [0.25, 0.3) is 5.56 Å². The Hall–Kier alpha value is -4.93. The van der Waals surface area contributed by atoms with Crippen LogP contribution in [0.2, 0.25) is 0 Å². The average Bonchev–Trinajstić information content (AvgIpc) is 3.82. The number of phosphoric acid groups is 1. The number of H-pyrrole nitrogens is 1. The van der Waals surface area contributed by atoms with Crippen LogP contribution in [0.5, 0.6) is 0 Å².